The van der Waals surface area contributed by atoms with Crippen LogP contribution in [0.1, 0.15) is 26.3 Å². The van der Waals surface area contributed by atoms with Gasteiger partial charge in [0, 0.05) is 19.5 Å². The largest absolute Gasteiger partial charge is 0.374 e. The molecule has 0 bridgehead atoms. The maximum atomic E-state index is 12.9. The van der Waals surface area contributed by atoms with Gasteiger partial charge < -0.3 is 20.7 Å². The minimum atomic E-state index is -0.690. The van der Waals surface area contributed by atoms with Crippen LogP contribution in [-0.2, 0) is 16.0 Å². The van der Waals surface area contributed by atoms with E-state index in [2.05, 4.69) is 26.1 Å². The Bertz CT molecular complexity index is 569. The van der Waals surface area contributed by atoms with Gasteiger partial charge in [0.05, 0.1) is 12.7 Å². The van der Waals surface area contributed by atoms with E-state index in [-0.39, 0.29) is 17.4 Å². The molecule has 2 atom stereocenters. The first-order chi connectivity index (χ1) is 11.3. The van der Waals surface area contributed by atoms with Crippen LogP contribution in [0.2, 0.25) is 0 Å². The normalized spacial score (nSPS) is 19.6. The predicted octanol–water partition coefficient (Wildman–Crippen LogP) is 1.54. The summed E-state index contributed by atoms with van der Waals surface area (Å²) in [4.78, 5) is 26.0. The number of ether oxygens (including phenoxy) is 1. The van der Waals surface area contributed by atoms with Crippen molar-refractivity contribution in [1.82, 2.24) is 10.2 Å². The number of benzene rings is 1. The fraction of sp³-hybridized carbons (Fsp3) is 0.556. The molecule has 1 heterocycles. The van der Waals surface area contributed by atoms with Gasteiger partial charge in [-0.25, -0.2) is 4.79 Å². The summed E-state index contributed by atoms with van der Waals surface area (Å²) in [6.45, 7) is 7.83. The van der Waals surface area contributed by atoms with E-state index in [9.17, 15) is 9.59 Å². The zero-order valence-corrected chi connectivity index (χ0v) is 14.6. The molecule has 0 aromatic heterocycles. The van der Waals surface area contributed by atoms with Crippen LogP contribution in [0.25, 0.3) is 0 Å². The Labute approximate surface area is 143 Å². The van der Waals surface area contributed by atoms with Gasteiger partial charge in [-0.05, 0) is 11.0 Å². The minimum Gasteiger partial charge on any atom is -0.374 e. The molecule has 1 aromatic carbocycles. The monoisotopic (exact) mass is 333 g/mol. The van der Waals surface area contributed by atoms with Crippen molar-refractivity contribution in [3.05, 3.63) is 35.9 Å². The average Bonchev–Trinajstić information content (AvgIpc) is 2.53. The highest BCUT2D eigenvalue weighted by Gasteiger charge is 2.35. The Morgan fingerprint density at radius 2 is 2.00 bits per heavy atom. The fourth-order valence-electron chi connectivity index (χ4n) is 2.82. The minimum absolute atomic E-state index is 0.0267. The summed E-state index contributed by atoms with van der Waals surface area (Å²) in [6.07, 6.45) is 0.390. The van der Waals surface area contributed by atoms with Crippen molar-refractivity contribution >= 4 is 11.9 Å². The Hall–Kier alpha value is -2.08. The third-order valence-electron chi connectivity index (χ3n) is 4.24. The van der Waals surface area contributed by atoms with E-state index in [0.29, 0.717) is 26.1 Å². The van der Waals surface area contributed by atoms with Crippen molar-refractivity contribution in [3.8, 4) is 0 Å². The summed E-state index contributed by atoms with van der Waals surface area (Å²) < 4.78 is 5.80. The SMILES string of the molecule is CC(C)(C)[C@H]1CN(C(=O)[C@H](Cc2ccccc2)NC(N)=O)CCO1. The number of primary amides is 1. The second-order valence-electron chi connectivity index (χ2n) is 7.26. The molecular formula is C18H27N3O3. The van der Waals surface area contributed by atoms with Gasteiger partial charge in [-0.3, -0.25) is 4.79 Å². The first-order valence-corrected chi connectivity index (χ1v) is 8.27. The fourth-order valence-corrected chi connectivity index (χ4v) is 2.82. The summed E-state index contributed by atoms with van der Waals surface area (Å²) >= 11 is 0. The van der Waals surface area contributed by atoms with Crippen LogP contribution in [-0.4, -0.2) is 48.7 Å². The molecule has 2 rings (SSSR count). The van der Waals surface area contributed by atoms with E-state index in [4.69, 9.17) is 10.5 Å². The van der Waals surface area contributed by atoms with Crippen molar-refractivity contribution in [2.45, 2.75) is 39.3 Å². The first kappa shape index (κ1) is 18.3. The molecule has 1 aliphatic heterocycles. The number of amides is 3. The topological polar surface area (TPSA) is 84.7 Å². The van der Waals surface area contributed by atoms with Crippen LogP contribution < -0.4 is 11.1 Å². The van der Waals surface area contributed by atoms with Gasteiger partial charge in [-0.2, -0.15) is 0 Å². The number of morpholine rings is 1. The van der Waals surface area contributed by atoms with Gasteiger partial charge >= 0.3 is 6.03 Å². The molecule has 6 heteroatoms. The molecule has 1 aromatic rings. The average molecular weight is 333 g/mol. The Morgan fingerprint density at radius 3 is 2.58 bits per heavy atom. The van der Waals surface area contributed by atoms with E-state index in [1.54, 1.807) is 4.90 Å². The van der Waals surface area contributed by atoms with Crippen molar-refractivity contribution in [1.29, 1.82) is 0 Å². The van der Waals surface area contributed by atoms with Crippen LogP contribution >= 0.6 is 0 Å². The number of nitrogens with one attached hydrogen (secondary N) is 1. The quantitative estimate of drug-likeness (QED) is 0.876. The highest BCUT2D eigenvalue weighted by Crippen LogP contribution is 2.25. The highest BCUT2D eigenvalue weighted by atomic mass is 16.5. The summed E-state index contributed by atoms with van der Waals surface area (Å²) in [5, 5.41) is 2.59. The molecule has 0 spiro atoms. The summed E-state index contributed by atoms with van der Waals surface area (Å²) in [5.74, 6) is -0.116. The lowest BCUT2D eigenvalue weighted by atomic mass is 9.88. The maximum absolute atomic E-state index is 12.9. The Morgan fingerprint density at radius 1 is 1.33 bits per heavy atom. The van der Waals surface area contributed by atoms with Crippen LogP contribution in [0.3, 0.4) is 0 Å². The van der Waals surface area contributed by atoms with Crippen molar-refractivity contribution in [2.75, 3.05) is 19.7 Å². The molecule has 3 amide bonds. The molecule has 6 nitrogen and oxygen atoms in total. The smallest absolute Gasteiger partial charge is 0.312 e. The van der Waals surface area contributed by atoms with E-state index >= 15 is 0 Å². The first-order valence-electron chi connectivity index (χ1n) is 8.27. The number of hydrogen-bond acceptors (Lipinski definition) is 3. The van der Waals surface area contributed by atoms with Crippen molar-refractivity contribution in [2.24, 2.45) is 11.1 Å². The van der Waals surface area contributed by atoms with Gasteiger partial charge in [-0.1, -0.05) is 51.1 Å². The number of rotatable bonds is 4. The Balaban J connectivity index is 2.10. The second-order valence-corrected chi connectivity index (χ2v) is 7.26. The predicted molar refractivity (Wildman–Crippen MR) is 92.4 cm³/mol. The lowest BCUT2D eigenvalue weighted by Crippen LogP contribution is -2.56. The van der Waals surface area contributed by atoms with Crippen LogP contribution in [0, 0.1) is 5.41 Å². The molecular weight excluding hydrogens is 306 g/mol. The molecule has 3 N–H and O–H groups in total. The molecule has 24 heavy (non-hydrogen) atoms. The third kappa shape index (κ3) is 4.96. The van der Waals surface area contributed by atoms with Gasteiger partial charge in [0.15, 0.2) is 0 Å². The number of urea groups is 1. The second kappa shape index (κ2) is 7.66. The number of carbonyl (C=O) groups excluding carboxylic acids is 2. The maximum Gasteiger partial charge on any atom is 0.312 e. The van der Waals surface area contributed by atoms with E-state index in [0.717, 1.165) is 5.56 Å². The zero-order valence-electron chi connectivity index (χ0n) is 14.6. The summed E-state index contributed by atoms with van der Waals surface area (Å²) in [7, 11) is 0. The molecule has 1 fully saturated rings. The summed E-state index contributed by atoms with van der Waals surface area (Å²) in [6, 6.07) is 8.24. The van der Waals surface area contributed by atoms with E-state index in [1.807, 2.05) is 30.3 Å². The number of nitrogens with two attached hydrogens (primary N) is 1. The van der Waals surface area contributed by atoms with Gasteiger partial charge in [0.2, 0.25) is 5.91 Å². The van der Waals surface area contributed by atoms with Crippen LogP contribution in [0.5, 0.6) is 0 Å². The molecule has 0 saturated carbocycles. The van der Waals surface area contributed by atoms with Gasteiger partial charge in [-0.15, -0.1) is 0 Å². The Kier molecular flexibility index (Phi) is 5.83. The van der Waals surface area contributed by atoms with Crippen molar-refractivity contribution < 1.29 is 14.3 Å². The van der Waals surface area contributed by atoms with E-state index in [1.165, 1.54) is 0 Å². The summed E-state index contributed by atoms with van der Waals surface area (Å²) in [5.41, 5.74) is 6.19. The molecule has 1 saturated heterocycles. The number of nitrogens with zero attached hydrogens (tertiary/aromatic N) is 1. The molecule has 0 unspecified atom stereocenters. The lowest BCUT2D eigenvalue weighted by Gasteiger charge is -2.40. The van der Waals surface area contributed by atoms with Crippen LogP contribution in [0.4, 0.5) is 4.79 Å². The van der Waals surface area contributed by atoms with Gasteiger partial charge in [0.1, 0.15) is 6.04 Å². The molecule has 0 radical (unpaired) electrons. The molecule has 1 aliphatic rings. The highest BCUT2D eigenvalue weighted by molar-refractivity contribution is 5.87. The number of carbonyl (C=O) groups is 2. The van der Waals surface area contributed by atoms with Crippen LogP contribution in [0.15, 0.2) is 30.3 Å². The number of hydrogen-bond donors (Lipinski definition) is 2. The molecule has 132 valence electrons. The zero-order chi connectivity index (χ0) is 17.7. The lowest BCUT2D eigenvalue weighted by molar-refractivity contribution is -0.145. The van der Waals surface area contributed by atoms with Gasteiger partial charge in [0.25, 0.3) is 0 Å². The van der Waals surface area contributed by atoms with E-state index < -0.39 is 12.1 Å². The standard InChI is InChI=1S/C18H27N3O3/c1-18(2,3)15-12-21(9-10-24-15)16(22)14(20-17(19)23)11-13-7-5-4-6-8-13/h4-8,14-15H,9-12H2,1-3H3,(H3,19,20,23)/t14-,15+/m0/s1. The molecule has 0 aliphatic carbocycles. The van der Waals surface area contributed by atoms with Crippen molar-refractivity contribution in [3.63, 3.8) is 0 Å². The third-order valence-corrected chi connectivity index (χ3v) is 4.24.